The predicted molar refractivity (Wildman–Crippen MR) is 87.0 cm³/mol. The Morgan fingerprint density at radius 2 is 1.41 bits per heavy atom. The van der Waals surface area contributed by atoms with Gasteiger partial charge in [0.15, 0.2) is 29.1 Å². The highest BCUT2D eigenvalue weighted by molar-refractivity contribution is 6.08. The summed E-state index contributed by atoms with van der Waals surface area (Å²) in [6, 6.07) is 5.15. The first-order chi connectivity index (χ1) is 12.6. The van der Waals surface area contributed by atoms with Gasteiger partial charge in [-0.05, 0) is 42.3 Å². The zero-order valence-corrected chi connectivity index (χ0v) is 13.6. The van der Waals surface area contributed by atoms with Crippen LogP contribution in [-0.4, -0.2) is 10.7 Å². The molecular formula is C18H10F5NO3. The zero-order valence-electron chi connectivity index (χ0n) is 13.6. The lowest BCUT2D eigenvalue weighted by Gasteiger charge is -2.05. The van der Waals surface area contributed by atoms with Crippen molar-refractivity contribution in [1.29, 1.82) is 0 Å². The number of allylic oxidation sites excluding steroid dienone is 2. The average Bonchev–Trinajstić information content (AvgIpc) is 2.66. The van der Waals surface area contributed by atoms with E-state index in [0.717, 1.165) is 13.0 Å². The normalized spacial score (nSPS) is 11.9. The molecule has 4 nitrogen and oxygen atoms in total. The summed E-state index contributed by atoms with van der Waals surface area (Å²) in [5.74, 6) is -11.3. The third-order valence-corrected chi connectivity index (χ3v) is 3.52. The largest absolute Gasteiger partial charge is 0.290 e. The lowest BCUT2D eigenvalue weighted by Crippen LogP contribution is -2.05. The number of ketones is 1. The number of halogens is 5. The number of nitro benzene ring substituents is 1. The van der Waals surface area contributed by atoms with Crippen LogP contribution in [0.25, 0.3) is 12.2 Å². The van der Waals surface area contributed by atoms with E-state index in [9.17, 15) is 36.9 Å². The molecule has 2 aromatic rings. The summed E-state index contributed by atoms with van der Waals surface area (Å²) in [4.78, 5) is 21.9. The number of rotatable bonds is 5. The van der Waals surface area contributed by atoms with Gasteiger partial charge in [-0.1, -0.05) is 6.08 Å². The molecule has 0 saturated heterocycles. The molecule has 0 saturated carbocycles. The molecule has 27 heavy (non-hydrogen) atoms. The van der Waals surface area contributed by atoms with Crippen molar-refractivity contribution >= 4 is 23.6 Å². The van der Waals surface area contributed by atoms with Gasteiger partial charge in [0.05, 0.1) is 10.5 Å². The molecule has 0 atom stereocenters. The number of hydrogen-bond acceptors (Lipinski definition) is 3. The van der Waals surface area contributed by atoms with Crippen LogP contribution in [0.4, 0.5) is 27.6 Å². The molecule has 0 heterocycles. The number of hydrogen-bond donors (Lipinski definition) is 0. The van der Waals surface area contributed by atoms with E-state index >= 15 is 0 Å². The predicted octanol–water partition coefficient (Wildman–Crippen LogP) is 4.98. The number of benzene rings is 2. The highest BCUT2D eigenvalue weighted by Crippen LogP contribution is 2.25. The van der Waals surface area contributed by atoms with Crippen molar-refractivity contribution in [3.8, 4) is 0 Å². The molecule has 0 radical (unpaired) electrons. The number of non-ortho nitro benzene ring substituents is 1. The number of nitrogens with zero attached hydrogens (tertiary/aromatic N) is 1. The fourth-order valence-electron chi connectivity index (χ4n) is 2.05. The number of carbonyl (C=O) groups excluding carboxylic acids is 1. The number of carbonyl (C=O) groups is 1. The lowest BCUT2D eigenvalue weighted by atomic mass is 10.1. The molecule has 0 aliphatic carbocycles. The molecule has 2 aromatic carbocycles. The minimum absolute atomic E-state index is 0.152. The molecule has 0 unspecified atom stereocenters. The standard InChI is InChI=1S/C18H10F5NO3/c1-9(8-12-14(19)16(21)18(23)17(22)15(12)20)13(25)7-4-10-2-5-11(6-3-10)24(26)27/h2-8H,1H3/b7-4+,9-8-. The van der Waals surface area contributed by atoms with Crippen molar-refractivity contribution in [1.82, 2.24) is 0 Å². The Bertz CT molecular complexity index is 952. The van der Waals surface area contributed by atoms with Crippen molar-refractivity contribution < 1.29 is 31.7 Å². The summed E-state index contributed by atoms with van der Waals surface area (Å²) < 4.78 is 66.6. The minimum atomic E-state index is -2.29. The molecule has 0 fully saturated rings. The Hall–Kier alpha value is -3.36. The van der Waals surface area contributed by atoms with E-state index in [4.69, 9.17) is 0 Å². The highest BCUT2D eigenvalue weighted by Gasteiger charge is 2.24. The second-order valence-corrected chi connectivity index (χ2v) is 5.36. The van der Waals surface area contributed by atoms with Gasteiger partial charge in [0, 0.05) is 12.1 Å². The van der Waals surface area contributed by atoms with Crippen LogP contribution in [0.1, 0.15) is 18.1 Å². The van der Waals surface area contributed by atoms with Crippen LogP contribution in [0.15, 0.2) is 35.9 Å². The fraction of sp³-hybridized carbons (Fsp3) is 0.0556. The maximum atomic E-state index is 13.6. The Morgan fingerprint density at radius 1 is 0.926 bits per heavy atom. The van der Waals surface area contributed by atoms with Crippen molar-refractivity contribution in [3.05, 3.63) is 86.2 Å². The van der Waals surface area contributed by atoms with Crippen LogP contribution in [-0.2, 0) is 4.79 Å². The summed E-state index contributed by atoms with van der Waals surface area (Å²) in [6.07, 6.45) is 2.83. The topological polar surface area (TPSA) is 60.2 Å². The van der Waals surface area contributed by atoms with Gasteiger partial charge < -0.3 is 0 Å². The molecule has 140 valence electrons. The van der Waals surface area contributed by atoms with Gasteiger partial charge in [-0.15, -0.1) is 0 Å². The Balaban J connectivity index is 2.28. The zero-order chi connectivity index (χ0) is 20.3. The van der Waals surface area contributed by atoms with E-state index in [1.165, 1.54) is 30.3 Å². The van der Waals surface area contributed by atoms with Crippen LogP contribution < -0.4 is 0 Å². The van der Waals surface area contributed by atoms with Crippen molar-refractivity contribution in [2.75, 3.05) is 0 Å². The van der Waals surface area contributed by atoms with E-state index in [2.05, 4.69) is 0 Å². The second kappa shape index (κ2) is 7.90. The summed E-state index contributed by atoms with van der Waals surface area (Å²) in [5, 5.41) is 10.6. The van der Waals surface area contributed by atoms with Crippen LogP contribution in [0.2, 0.25) is 0 Å². The summed E-state index contributed by atoms with van der Waals surface area (Å²) >= 11 is 0. The van der Waals surface area contributed by atoms with Gasteiger partial charge in [-0.3, -0.25) is 14.9 Å². The average molecular weight is 383 g/mol. The molecule has 0 aliphatic rings. The molecule has 0 spiro atoms. The summed E-state index contributed by atoms with van der Waals surface area (Å²) in [6.45, 7) is 1.14. The van der Waals surface area contributed by atoms with Gasteiger partial charge in [0.1, 0.15) is 0 Å². The second-order valence-electron chi connectivity index (χ2n) is 5.36. The van der Waals surface area contributed by atoms with E-state index in [1.54, 1.807) is 0 Å². The highest BCUT2D eigenvalue weighted by atomic mass is 19.2. The Kier molecular flexibility index (Phi) is 5.84. The quantitative estimate of drug-likeness (QED) is 0.183. The molecule has 0 aromatic heterocycles. The first-order valence-corrected chi connectivity index (χ1v) is 7.30. The van der Waals surface area contributed by atoms with Crippen molar-refractivity contribution in [2.24, 2.45) is 0 Å². The van der Waals surface area contributed by atoms with Gasteiger partial charge >= 0.3 is 0 Å². The third-order valence-electron chi connectivity index (χ3n) is 3.52. The fourth-order valence-corrected chi connectivity index (χ4v) is 2.05. The molecular weight excluding hydrogens is 373 g/mol. The van der Waals surface area contributed by atoms with Gasteiger partial charge in [0.25, 0.3) is 5.69 Å². The SMILES string of the molecule is C/C(=C/c1c(F)c(F)c(F)c(F)c1F)C(=O)/C=C/c1ccc([N+](=O)[O-])cc1. The molecule has 0 N–H and O–H groups in total. The first-order valence-electron chi connectivity index (χ1n) is 7.30. The minimum Gasteiger partial charge on any atom is -0.290 e. The monoisotopic (exact) mass is 383 g/mol. The smallest absolute Gasteiger partial charge is 0.269 e. The van der Waals surface area contributed by atoms with E-state index in [0.29, 0.717) is 11.6 Å². The summed E-state index contributed by atoms with van der Waals surface area (Å²) in [7, 11) is 0. The maximum absolute atomic E-state index is 13.6. The maximum Gasteiger partial charge on any atom is 0.269 e. The van der Waals surface area contributed by atoms with Crippen LogP contribution in [0.5, 0.6) is 0 Å². The number of nitro groups is 1. The molecule has 0 bridgehead atoms. The Labute approximate surface area is 149 Å². The van der Waals surface area contributed by atoms with Crippen molar-refractivity contribution in [3.63, 3.8) is 0 Å². The Morgan fingerprint density at radius 3 is 1.89 bits per heavy atom. The summed E-state index contributed by atoms with van der Waals surface area (Å²) in [5.41, 5.74) is -1.23. The molecule has 2 rings (SSSR count). The molecule has 9 heteroatoms. The van der Waals surface area contributed by atoms with E-state index < -0.39 is 45.4 Å². The van der Waals surface area contributed by atoms with Crippen molar-refractivity contribution in [2.45, 2.75) is 6.92 Å². The van der Waals surface area contributed by atoms with E-state index in [1.807, 2.05) is 0 Å². The van der Waals surface area contributed by atoms with Crippen LogP contribution in [0.3, 0.4) is 0 Å². The van der Waals surface area contributed by atoms with Gasteiger partial charge in [-0.25, -0.2) is 22.0 Å². The van der Waals surface area contributed by atoms with E-state index in [-0.39, 0.29) is 11.3 Å². The molecule has 0 aliphatic heterocycles. The van der Waals surface area contributed by atoms with Crippen LogP contribution >= 0.6 is 0 Å². The third kappa shape index (κ3) is 4.25. The van der Waals surface area contributed by atoms with Gasteiger partial charge in [0.2, 0.25) is 5.82 Å². The first kappa shape index (κ1) is 20.0. The molecule has 0 amide bonds. The van der Waals surface area contributed by atoms with Gasteiger partial charge in [-0.2, -0.15) is 0 Å². The van der Waals surface area contributed by atoms with Crippen LogP contribution in [0, 0.1) is 39.2 Å². The lowest BCUT2D eigenvalue weighted by molar-refractivity contribution is -0.384.